The number of amides is 1. The fraction of sp³-hybridized carbons (Fsp3) is 0.923. The van der Waals surface area contributed by atoms with Gasteiger partial charge in [0.1, 0.15) is 0 Å². The van der Waals surface area contributed by atoms with Crippen molar-refractivity contribution in [3.8, 4) is 0 Å². The third-order valence-electron chi connectivity index (χ3n) is 3.99. The van der Waals surface area contributed by atoms with Crippen LogP contribution in [0.5, 0.6) is 0 Å². The quantitative estimate of drug-likeness (QED) is 0.781. The lowest BCUT2D eigenvalue weighted by molar-refractivity contribution is -0.128. The molecule has 4 nitrogen and oxygen atoms in total. The Morgan fingerprint density at radius 3 is 2.53 bits per heavy atom. The van der Waals surface area contributed by atoms with Crippen LogP contribution >= 0.6 is 0 Å². The van der Waals surface area contributed by atoms with Crippen molar-refractivity contribution in [3.63, 3.8) is 0 Å². The first-order valence-corrected chi connectivity index (χ1v) is 6.77. The molecule has 2 aliphatic rings. The number of nitrogens with one attached hydrogen (secondary N) is 1. The molecule has 1 saturated heterocycles. The molecule has 2 rings (SSSR count). The Morgan fingerprint density at radius 1 is 1.24 bits per heavy atom. The molecular weight excluding hydrogens is 218 g/mol. The van der Waals surface area contributed by atoms with E-state index in [4.69, 9.17) is 4.74 Å². The minimum Gasteiger partial charge on any atom is -0.388 e. The average molecular weight is 241 g/mol. The second-order valence-corrected chi connectivity index (χ2v) is 5.39. The highest BCUT2D eigenvalue weighted by molar-refractivity contribution is 5.78. The molecule has 0 unspecified atom stereocenters. The number of carbonyl (C=O) groups excluding carboxylic acids is 1. The zero-order valence-electron chi connectivity index (χ0n) is 10.4. The van der Waals surface area contributed by atoms with E-state index in [0.29, 0.717) is 32.6 Å². The van der Waals surface area contributed by atoms with Crippen molar-refractivity contribution in [1.29, 1.82) is 0 Å². The van der Waals surface area contributed by atoms with Crippen molar-refractivity contribution in [1.82, 2.24) is 5.32 Å². The average Bonchev–Trinajstić information content (AvgIpc) is 2.38. The highest BCUT2D eigenvalue weighted by atomic mass is 16.5. The van der Waals surface area contributed by atoms with Crippen LogP contribution < -0.4 is 5.32 Å². The van der Waals surface area contributed by atoms with Gasteiger partial charge >= 0.3 is 0 Å². The zero-order chi connectivity index (χ0) is 12.1. The fourth-order valence-electron chi connectivity index (χ4n) is 2.69. The Kier molecular flexibility index (Phi) is 4.40. The lowest BCUT2D eigenvalue weighted by Gasteiger charge is -2.32. The summed E-state index contributed by atoms with van der Waals surface area (Å²) < 4.78 is 5.22. The molecule has 0 radical (unpaired) electrons. The first-order chi connectivity index (χ1) is 8.20. The highest BCUT2D eigenvalue weighted by Crippen LogP contribution is 2.24. The number of hydrogen-bond donors (Lipinski definition) is 2. The van der Waals surface area contributed by atoms with E-state index < -0.39 is 5.60 Å². The molecule has 0 aromatic heterocycles. The minimum atomic E-state index is -0.747. The number of ether oxygens (including phenoxy) is 1. The van der Waals surface area contributed by atoms with E-state index in [1.54, 1.807) is 0 Å². The van der Waals surface area contributed by atoms with Crippen molar-refractivity contribution in [2.45, 2.75) is 50.5 Å². The van der Waals surface area contributed by atoms with Crippen molar-refractivity contribution >= 4 is 5.91 Å². The monoisotopic (exact) mass is 241 g/mol. The summed E-state index contributed by atoms with van der Waals surface area (Å²) in [7, 11) is 0. The number of aliphatic hydroxyl groups is 1. The van der Waals surface area contributed by atoms with Gasteiger partial charge in [-0.05, 0) is 12.8 Å². The van der Waals surface area contributed by atoms with Gasteiger partial charge in [0.25, 0.3) is 0 Å². The molecule has 1 amide bonds. The lowest BCUT2D eigenvalue weighted by atomic mass is 9.88. The second kappa shape index (κ2) is 5.83. The van der Waals surface area contributed by atoms with Gasteiger partial charge < -0.3 is 15.2 Å². The Labute approximate surface area is 103 Å². The molecule has 0 atom stereocenters. The second-order valence-electron chi connectivity index (χ2n) is 5.39. The molecule has 1 aliphatic carbocycles. The normalized spacial score (nSPS) is 25.5. The van der Waals surface area contributed by atoms with Gasteiger partial charge in [-0.3, -0.25) is 4.79 Å². The summed E-state index contributed by atoms with van der Waals surface area (Å²) in [5, 5.41) is 13.1. The molecule has 1 aliphatic heterocycles. The zero-order valence-corrected chi connectivity index (χ0v) is 10.4. The van der Waals surface area contributed by atoms with E-state index in [1.165, 1.54) is 6.42 Å². The first-order valence-electron chi connectivity index (χ1n) is 6.77. The Bertz CT molecular complexity index is 255. The van der Waals surface area contributed by atoms with Gasteiger partial charge in [-0.1, -0.05) is 19.3 Å². The van der Waals surface area contributed by atoms with Crippen molar-refractivity contribution in [2.24, 2.45) is 5.92 Å². The third-order valence-corrected chi connectivity index (χ3v) is 3.99. The molecule has 98 valence electrons. The van der Waals surface area contributed by atoms with Gasteiger partial charge in [0.05, 0.1) is 5.60 Å². The molecule has 0 spiro atoms. The summed E-state index contributed by atoms with van der Waals surface area (Å²) in [6.45, 7) is 1.57. The summed E-state index contributed by atoms with van der Waals surface area (Å²) in [4.78, 5) is 11.9. The van der Waals surface area contributed by atoms with Crippen LogP contribution in [0.4, 0.5) is 0 Å². The van der Waals surface area contributed by atoms with E-state index in [-0.39, 0.29) is 11.8 Å². The van der Waals surface area contributed by atoms with Gasteiger partial charge in [-0.25, -0.2) is 0 Å². The summed E-state index contributed by atoms with van der Waals surface area (Å²) in [6, 6.07) is 0. The minimum absolute atomic E-state index is 0.129. The van der Waals surface area contributed by atoms with Gasteiger partial charge in [-0.2, -0.15) is 0 Å². The van der Waals surface area contributed by atoms with Crippen LogP contribution in [0.2, 0.25) is 0 Å². The van der Waals surface area contributed by atoms with Gasteiger partial charge in [0.15, 0.2) is 0 Å². The van der Waals surface area contributed by atoms with Crippen molar-refractivity contribution in [2.75, 3.05) is 19.8 Å². The predicted molar refractivity (Wildman–Crippen MR) is 64.6 cm³/mol. The summed E-state index contributed by atoms with van der Waals surface area (Å²) in [6.07, 6.45) is 6.84. The van der Waals surface area contributed by atoms with E-state index in [1.807, 2.05) is 0 Å². The summed E-state index contributed by atoms with van der Waals surface area (Å²) in [5.41, 5.74) is -0.747. The number of carbonyl (C=O) groups is 1. The maximum atomic E-state index is 11.9. The molecule has 1 heterocycles. The lowest BCUT2D eigenvalue weighted by Crippen LogP contribution is -2.48. The summed E-state index contributed by atoms with van der Waals surface area (Å²) in [5.74, 6) is 0.303. The van der Waals surface area contributed by atoms with E-state index in [2.05, 4.69) is 5.32 Å². The molecule has 0 aromatic carbocycles. The van der Waals surface area contributed by atoms with Gasteiger partial charge in [-0.15, -0.1) is 0 Å². The van der Waals surface area contributed by atoms with Crippen LogP contribution in [0.15, 0.2) is 0 Å². The standard InChI is InChI=1S/C13H23NO3/c15-12(11-4-2-1-3-5-11)14-10-13(16)6-8-17-9-7-13/h11,16H,1-10H2,(H,14,15). The largest absolute Gasteiger partial charge is 0.388 e. The SMILES string of the molecule is O=C(NCC1(O)CCOCC1)C1CCCCC1. The third kappa shape index (κ3) is 3.68. The topological polar surface area (TPSA) is 58.6 Å². The fourth-order valence-corrected chi connectivity index (χ4v) is 2.69. The molecule has 2 N–H and O–H groups in total. The van der Waals surface area contributed by atoms with Crippen LogP contribution in [0.3, 0.4) is 0 Å². The van der Waals surface area contributed by atoms with Crippen LogP contribution in [-0.2, 0) is 9.53 Å². The Morgan fingerprint density at radius 2 is 1.88 bits per heavy atom. The maximum Gasteiger partial charge on any atom is 0.223 e. The maximum absolute atomic E-state index is 11.9. The molecule has 0 bridgehead atoms. The van der Waals surface area contributed by atoms with Crippen LogP contribution in [0.25, 0.3) is 0 Å². The van der Waals surface area contributed by atoms with Gasteiger partial charge in [0, 0.05) is 38.5 Å². The smallest absolute Gasteiger partial charge is 0.223 e. The highest BCUT2D eigenvalue weighted by Gasteiger charge is 2.31. The predicted octanol–water partition coefficient (Wildman–Crippen LogP) is 1.22. The van der Waals surface area contributed by atoms with Crippen LogP contribution in [0, 0.1) is 5.92 Å². The molecule has 2 fully saturated rings. The van der Waals surface area contributed by atoms with Crippen LogP contribution in [-0.4, -0.2) is 36.4 Å². The van der Waals surface area contributed by atoms with Crippen molar-refractivity contribution < 1.29 is 14.6 Å². The van der Waals surface area contributed by atoms with Crippen LogP contribution in [0.1, 0.15) is 44.9 Å². The van der Waals surface area contributed by atoms with Crippen molar-refractivity contribution in [3.05, 3.63) is 0 Å². The molecule has 1 saturated carbocycles. The first kappa shape index (κ1) is 12.8. The molecule has 0 aromatic rings. The molecular formula is C13H23NO3. The van der Waals surface area contributed by atoms with Gasteiger partial charge in [0.2, 0.25) is 5.91 Å². The van der Waals surface area contributed by atoms with E-state index in [9.17, 15) is 9.90 Å². The number of rotatable bonds is 3. The number of hydrogen-bond acceptors (Lipinski definition) is 3. The van der Waals surface area contributed by atoms with E-state index >= 15 is 0 Å². The van der Waals surface area contributed by atoms with E-state index in [0.717, 1.165) is 25.7 Å². The Hall–Kier alpha value is -0.610. The summed E-state index contributed by atoms with van der Waals surface area (Å²) >= 11 is 0. The Balaban J connectivity index is 1.74. The molecule has 4 heteroatoms. The molecule has 17 heavy (non-hydrogen) atoms.